The molecule has 0 aromatic heterocycles. The van der Waals surface area contributed by atoms with Crippen molar-refractivity contribution in [3.05, 3.63) is 12.2 Å². The first-order valence-electron chi connectivity index (χ1n) is 7.40. The monoisotopic (exact) mass is 259 g/mol. The molecule has 0 aromatic carbocycles. The fraction of sp³-hybridized carbons (Fsp3) is 0.750. The third-order valence-electron chi connectivity index (χ3n) is 5.88. The average molecular weight is 259 g/mol. The molecule has 102 valence electrons. The summed E-state index contributed by atoms with van der Waals surface area (Å²) in [6, 6.07) is 0. The van der Waals surface area contributed by atoms with Gasteiger partial charge in [0, 0.05) is 12.2 Å². The minimum atomic E-state index is -0.180. The van der Waals surface area contributed by atoms with E-state index >= 15 is 0 Å². The van der Waals surface area contributed by atoms with Crippen molar-refractivity contribution in [2.24, 2.45) is 16.7 Å². The van der Waals surface area contributed by atoms with E-state index in [1.165, 1.54) is 31.4 Å². The Bertz CT molecular complexity index is 485. The van der Waals surface area contributed by atoms with Gasteiger partial charge in [-0.1, -0.05) is 13.8 Å². The number of hydrogen-bond donors (Lipinski definition) is 0. The van der Waals surface area contributed by atoms with E-state index < -0.39 is 0 Å². The maximum atomic E-state index is 12.1. The first-order chi connectivity index (χ1) is 8.83. The molecule has 1 aliphatic heterocycles. The number of rotatable bonds is 1. The molecule has 5 aliphatic rings. The molecule has 2 amide bonds. The van der Waals surface area contributed by atoms with E-state index in [0.29, 0.717) is 16.7 Å². The predicted molar refractivity (Wildman–Crippen MR) is 71.1 cm³/mol. The zero-order valence-corrected chi connectivity index (χ0v) is 11.7. The molecular weight excluding hydrogens is 238 g/mol. The van der Waals surface area contributed by atoms with Crippen LogP contribution in [-0.2, 0) is 9.59 Å². The molecule has 2 atom stereocenters. The van der Waals surface area contributed by atoms with Crippen LogP contribution >= 0.6 is 0 Å². The Morgan fingerprint density at radius 1 is 0.947 bits per heavy atom. The van der Waals surface area contributed by atoms with Crippen LogP contribution in [0.3, 0.4) is 0 Å². The van der Waals surface area contributed by atoms with E-state index in [0.717, 1.165) is 19.3 Å². The summed E-state index contributed by atoms with van der Waals surface area (Å²) in [5.74, 6) is 0.533. The summed E-state index contributed by atoms with van der Waals surface area (Å²) < 4.78 is 0. The van der Waals surface area contributed by atoms with Crippen LogP contribution in [0.2, 0.25) is 0 Å². The number of nitrogens with zero attached hydrogens (tertiary/aromatic N) is 1. The minimum Gasteiger partial charge on any atom is -0.269 e. The van der Waals surface area contributed by atoms with Crippen LogP contribution in [0.25, 0.3) is 0 Å². The van der Waals surface area contributed by atoms with Crippen molar-refractivity contribution in [2.75, 3.05) is 0 Å². The van der Waals surface area contributed by atoms with Gasteiger partial charge in [-0.05, 0) is 55.3 Å². The van der Waals surface area contributed by atoms with Gasteiger partial charge < -0.3 is 0 Å². The normalized spacial score (nSPS) is 51.5. The maximum absolute atomic E-state index is 12.1. The van der Waals surface area contributed by atoms with Gasteiger partial charge in [-0.2, -0.15) is 0 Å². The highest BCUT2D eigenvalue weighted by molar-refractivity contribution is 6.13. The third-order valence-corrected chi connectivity index (χ3v) is 5.88. The van der Waals surface area contributed by atoms with Crippen LogP contribution in [0.1, 0.15) is 52.4 Å². The molecule has 2 unspecified atom stereocenters. The first-order valence-corrected chi connectivity index (χ1v) is 7.40. The standard InChI is InChI=1S/C16H21NO2/c1-14-5-11-6-15(2,8-14)10-16(7-11,9-14)17-12(18)3-4-13(17)19/h3-4,11H,5-10H2,1-2H3. The molecule has 4 bridgehead atoms. The smallest absolute Gasteiger partial charge is 0.254 e. The lowest BCUT2D eigenvalue weighted by atomic mass is 9.42. The molecule has 0 N–H and O–H groups in total. The van der Waals surface area contributed by atoms with Crippen molar-refractivity contribution in [2.45, 2.75) is 57.9 Å². The fourth-order valence-electron chi connectivity index (χ4n) is 6.50. The topological polar surface area (TPSA) is 37.4 Å². The van der Waals surface area contributed by atoms with E-state index in [4.69, 9.17) is 0 Å². The Morgan fingerprint density at radius 3 is 1.95 bits per heavy atom. The van der Waals surface area contributed by atoms with Crippen molar-refractivity contribution in [1.29, 1.82) is 0 Å². The molecule has 0 aromatic rings. The van der Waals surface area contributed by atoms with Crippen molar-refractivity contribution in [1.82, 2.24) is 4.90 Å². The van der Waals surface area contributed by atoms with Crippen LogP contribution < -0.4 is 0 Å². The summed E-state index contributed by atoms with van der Waals surface area (Å²) in [6.45, 7) is 4.73. The molecule has 19 heavy (non-hydrogen) atoms. The Morgan fingerprint density at radius 2 is 1.47 bits per heavy atom. The highest BCUT2D eigenvalue weighted by Crippen LogP contribution is 2.67. The van der Waals surface area contributed by atoms with Gasteiger partial charge in [0.25, 0.3) is 11.8 Å². The number of amides is 2. The van der Waals surface area contributed by atoms with Crippen LogP contribution in [0, 0.1) is 16.7 Å². The number of imide groups is 1. The number of carbonyl (C=O) groups excluding carboxylic acids is 2. The number of carbonyl (C=O) groups is 2. The summed E-state index contributed by atoms with van der Waals surface area (Å²) in [4.78, 5) is 25.9. The van der Waals surface area contributed by atoms with Gasteiger partial charge in [0.15, 0.2) is 0 Å². The molecule has 5 rings (SSSR count). The Hall–Kier alpha value is -1.12. The second-order valence-corrected chi connectivity index (χ2v) is 8.20. The van der Waals surface area contributed by atoms with Crippen LogP contribution in [0.5, 0.6) is 0 Å². The summed E-state index contributed by atoms with van der Waals surface area (Å²) >= 11 is 0. The molecule has 4 saturated carbocycles. The van der Waals surface area contributed by atoms with Crippen LogP contribution in [0.4, 0.5) is 0 Å². The van der Waals surface area contributed by atoms with Crippen molar-refractivity contribution >= 4 is 11.8 Å². The van der Waals surface area contributed by atoms with Crippen molar-refractivity contribution in [3.63, 3.8) is 0 Å². The largest absolute Gasteiger partial charge is 0.269 e. The van der Waals surface area contributed by atoms with Gasteiger partial charge in [0.05, 0.1) is 5.54 Å². The molecule has 3 heteroatoms. The van der Waals surface area contributed by atoms with Crippen molar-refractivity contribution < 1.29 is 9.59 Å². The van der Waals surface area contributed by atoms with Gasteiger partial charge in [0.2, 0.25) is 0 Å². The molecule has 0 saturated heterocycles. The van der Waals surface area contributed by atoms with Gasteiger partial charge in [-0.3, -0.25) is 14.5 Å². The third kappa shape index (κ3) is 1.44. The predicted octanol–water partition coefficient (Wildman–Crippen LogP) is 2.66. The molecule has 4 fully saturated rings. The number of hydrogen-bond acceptors (Lipinski definition) is 2. The van der Waals surface area contributed by atoms with E-state index in [9.17, 15) is 9.59 Å². The fourth-order valence-corrected chi connectivity index (χ4v) is 6.50. The maximum Gasteiger partial charge on any atom is 0.254 e. The lowest BCUT2D eigenvalue weighted by Crippen LogP contribution is -2.66. The zero-order valence-electron chi connectivity index (χ0n) is 11.7. The highest BCUT2D eigenvalue weighted by atomic mass is 16.2. The van der Waals surface area contributed by atoms with Gasteiger partial charge in [0.1, 0.15) is 0 Å². The molecule has 3 nitrogen and oxygen atoms in total. The molecule has 0 spiro atoms. The molecule has 0 radical (unpaired) electrons. The Kier molecular flexibility index (Phi) is 1.92. The summed E-state index contributed by atoms with van der Waals surface area (Å²) in [5, 5.41) is 0. The van der Waals surface area contributed by atoms with Crippen molar-refractivity contribution in [3.8, 4) is 0 Å². The highest BCUT2D eigenvalue weighted by Gasteiger charge is 2.63. The van der Waals surface area contributed by atoms with Gasteiger partial charge in [-0.15, -0.1) is 0 Å². The second kappa shape index (κ2) is 3.13. The quantitative estimate of drug-likeness (QED) is 0.679. The van der Waals surface area contributed by atoms with E-state index in [1.807, 2.05) is 0 Å². The Balaban J connectivity index is 1.79. The van der Waals surface area contributed by atoms with Crippen LogP contribution in [0.15, 0.2) is 12.2 Å². The Labute approximate surface area is 114 Å². The average Bonchev–Trinajstić information content (AvgIpc) is 2.53. The molecular formula is C16H21NO2. The summed E-state index contributed by atoms with van der Waals surface area (Å²) in [5.41, 5.74) is 0.481. The molecule has 1 heterocycles. The van der Waals surface area contributed by atoms with E-state index in [2.05, 4.69) is 13.8 Å². The SMILES string of the molecule is CC12CC3CC(C)(C1)CC(N1C(=O)C=CC1=O)(C3)C2. The van der Waals surface area contributed by atoms with Gasteiger partial charge >= 0.3 is 0 Å². The molecule has 4 aliphatic carbocycles. The summed E-state index contributed by atoms with van der Waals surface area (Å²) in [6.07, 6.45) is 9.81. The van der Waals surface area contributed by atoms with Crippen LogP contribution in [-0.4, -0.2) is 22.3 Å². The van der Waals surface area contributed by atoms with Gasteiger partial charge in [-0.25, -0.2) is 0 Å². The lowest BCUT2D eigenvalue weighted by molar-refractivity contribution is -0.176. The summed E-state index contributed by atoms with van der Waals surface area (Å²) in [7, 11) is 0. The minimum absolute atomic E-state index is 0.0841. The lowest BCUT2D eigenvalue weighted by Gasteiger charge is -2.66. The van der Waals surface area contributed by atoms with E-state index in [1.54, 1.807) is 4.90 Å². The second-order valence-electron chi connectivity index (χ2n) is 8.20. The zero-order chi connectivity index (χ0) is 13.5. The van der Waals surface area contributed by atoms with E-state index in [-0.39, 0.29) is 17.4 Å². The first kappa shape index (κ1) is 11.7.